The van der Waals surface area contributed by atoms with E-state index in [9.17, 15) is 14.3 Å². The molecule has 2 aromatic carbocycles. The molecule has 1 aromatic heterocycles. The molecule has 0 saturated heterocycles. The summed E-state index contributed by atoms with van der Waals surface area (Å²) in [4.78, 5) is 15.7. The molecule has 3 aromatic rings. The first-order valence-corrected chi connectivity index (χ1v) is 6.88. The number of anilines is 1. The van der Waals surface area contributed by atoms with E-state index >= 15 is 0 Å². The highest BCUT2D eigenvalue weighted by Gasteiger charge is 2.21. The predicted octanol–water partition coefficient (Wildman–Crippen LogP) is 2.74. The van der Waals surface area contributed by atoms with Crippen molar-refractivity contribution >= 4 is 22.5 Å². The average Bonchev–Trinajstić information content (AvgIpc) is 2.50. The smallest absolute Gasteiger partial charge is 0.269 e. The number of rotatable bonds is 2. The van der Waals surface area contributed by atoms with Gasteiger partial charge in [0.05, 0.1) is 11.2 Å². The zero-order valence-corrected chi connectivity index (χ0v) is 12.3. The van der Waals surface area contributed by atoms with Crippen molar-refractivity contribution in [2.24, 2.45) is 5.73 Å². The number of nitrogens with zero attached hydrogens (tertiary/aromatic N) is 1. The predicted molar refractivity (Wildman–Crippen MR) is 86.5 cm³/mol. The summed E-state index contributed by atoms with van der Waals surface area (Å²) in [6.07, 6.45) is 0. The molecule has 5 N–H and O–H groups in total. The van der Waals surface area contributed by atoms with Crippen LogP contribution >= 0.6 is 0 Å². The van der Waals surface area contributed by atoms with Crippen LogP contribution in [0.3, 0.4) is 0 Å². The molecule has 0 unspecified atom stereocenters. The number of fused-ring (bicyclic) bond motifs is 1. The number of hydrogen-bond donors (Lipinski definition) is 3. The molecule has 0 saturated carbocycles. The Balaban J connectivity index is 2.54. The van der Waals surface area contributed by atoms with Gasteiger partial charge < -0.3 is 16.6 Å². The van der Waals surface area contributed by atoms with Crippen molar-refractivity contribution in [3.8, 4) is 16.9 Å². The van der Waals surface area contributed by atoms with Crippen molar-refractivity contribution in [2.45, 2.75) is 6.92 Å². The lowest BCUT2D eigenvalue weighted by atomic mass is 9.94. The Kier molecular flexibility index (Phi) is 3.37. The highest BCUT2D eigenvalue weighted by atomic mass is 19.1. The Morgan fingerprint density at radius 1 is 1.22 bits per heavy atom. The van der Waals surface area contributed by atoms with Crippen molar-refractivity contribution in [2.75, 3.05) is 5.73 Å². The molecule has 0 bridgehead atoms. The number of amides is 1. The van der Waals surface area contributed by atoms with Gasteiger partial charge in [0.25, 0.3) is 5.91 Å². The summed E-state index contributed by atoms with van der Waals surface area (Å²) in [6, 6.07) is 9.18. The minimum absolute atomic E-state index is 0.0104. The number of aromatic nitrogens is 1. The Bertz CT molecular complexity index is 954. The Morgan fingerprint density at radius 2 is 1.91 bits per heavy atom. The zero-order valence-electron chi connectivity index (χ0n) is 12.3. The lowest BCUT2D eigenvalue weighted by Gasteiger charge is -2.15. The number of carbonyl (C=O) groups is 1. The number of benzene rings is 2. The van der Waals surface area contributed by atoms with Crippen LogP contribution in [-0.4, -0.2) is 16.0 Å². The van der Waals surface area contributed by atoms with Gasteiger partial charge in [-0.3, -0.25) is 4.79 Å². The first kappa shape index (κ1) is 14.8. The number of halogens is 1. The normalized spacial score (nSPS) is 10.9. The van der Waals surface area contributed by atoms with E-state index in [-0.39, 0.29) is 28.0 Å². The van der Waals surface area contributed by atoms with E-state index in [0.717, 1.165) is 0 Å². The molecule has 0 aliphatic rings. The molecule has 0 aliphatic carbocycles. The van der Waals surface area contributed by atoms with Crippen LogP contribution in [0.5, 0.6) is 5.75 Å². The summed E-state index contributed by atoms with van der Waals surface area (Å²) in [7, 11) is 0. The minimum Gasteiger partial charge on any atom is -0.508 e. The zero-order chi connectivity index (χ0) is 16.7. The molecule has 0 atom stereocenters. The van der Waals surface area contributed by atoms with E-state index in [4.69, 9.17) is 11.5 Å². The van der Waals surface area contributed by atoms with Crippen LogP contribution in [0.25, 0.3) is 22.0 Å². The van der Waals surface area contributed by atoms with Gasteiger partial charge >= 0.3 is 0 Å². The number of aromatic hydroxyl groups is 1. The van der Waals surface area contributed by atoms with E-state index in [1.807, 2.05) is 0 Å². The maximum absolute atomic E-state index is 14.4. The van der Waals surface area contributed by atoms with E-state index in [1.165, 1.54) is 18.2 Å². The third-order valence-corrected chi connectivity index (χ3v) is 3.81. The highest BCUT2D eigenvalue weighted by Crippen LogP contribution is 2.39. The summed E-state index contributed by atoms with van der Waals surface area (Å²) >= 11 is 0. The summed E-state index contributed by atoms with van der Waals surface area (Å²) < 4.78 is 14.4. The summed E-state index contributed by atoms with van der Waals surface area (Å²) in [5.74, 6) is -1.27. The van der Waals surface area contributed by atoms with Crippen LogP contribution in [0.15, 0.2) is 36.4 Å². The fourth-order valence-electron chi connectivity index (χ4n) is 2.65. The number of phenols is 1. The average molecular weight is 311 g/mol. The van der Waals surface area contributed by atoms with Gasteiger partial charge in [0.15, 0.2) is 5.69 Å². The third kappa shape index (κ3) is 2.24. The van der Waals surface area contributed by atoms with E-state index in [2.05, 4.69) is 4.98 Å². The molecular formula is C17H14FN3O2. The number of hydrogen-bond acceptors (Lipinski definition) is 4. The largest absolute Gasteiger partial charge is 0.508 e. The molecule has 0 radical (unpaired) electrons. The van der Waals surface area contributed by atoms with E-state index < -0.39 is 11.7 Å². The van der Waals surface area contributed by atoms with Crippen LogP contribution in [0, 0.1) is 12.7 Å². The Morgan fingerprint density at radius 3 is 2.61 bits per heavy atom. The highest BCUT2D eigenvalue weighted by molar-refractivity contribution is 6.09. The van der Waals surface area contributed by atoms with Crippen LogP contribution in [0.2, 0.25) is 0 Å². The lowest BCUT2D eigenvalue weighted by Crippen LogP contribution is -2.17. The van der Waals surface area contributed by atoms with Gasteiger partial charge in [-0.15, -0.1) is 0 Å². The van der Waals surface area contributed by atoms with Crippen molar-refractivity contribution in [1.82, 2.24) is 4.98 Å². The van der Waals surface area contributed by atoms with Gasteiger partial charge in [-0.05, 0) is 36.2 Å². The van der Waals surface area contributed by atoms with Gasteiger partial charge in [0, 0.05) is 10.9 Å². The van der Waals surface area contributed by atoms with Gasteiger partial charge in [-0.1, -0.05) is 18.2 Å². The summed E-state index contributed by atoms with van der Waals surface area (Å²) in [6.45, 7) is 1.68. The maximum Gasteiger partial charge on any atom is 0.269 e. The van der Waals surface area contributed by atoms with E-state index in [1.54, 1.807) is 25.1 Å². The number of primary amides is 1. The lowest BCUT2D eigenvalue weighted by molar-refractivity contribution is 0.0997. The topological polar surface area (TPSA) is 102 Å². The van der Waals surface area contributed by atoms with Gasteiger partial charge in [0.2, 0.25) is 0 Å². The second-order valence-corrected chi connectivity index (χ2v) is 5.20. The van der Waals surface area contributed by atoms with Crippen LogP contribution in [0.4, 0.5) is 10.1 Å². The molecule has 5 nitrogen and oxygen atoms in total. The number of nitrogen functional groups attached to an aromatic ring is 1. The number of phenolic OH excluding ortho intramolecular Hbond substituents is 1. The molecule has 0 spiro atoms. The van der Waals surface area contributed by atoms with Crippen molar-refractivity contribution in [3.05, 3.63) is 53.5 Å². The van der Waals surface area contributed by atoms with Crippen molar-refractivity contribution in [3.63, 3.8) is 0 Å². The monoisotopic (exact) mass is 311 g/mol. The maximum atomic E-state index is 14.4. The van der Waals surface area contributed by atoms with E-state index in [0.29, 0.717) is 16.7 Å². The van der Waals surface area contributed by atoms with Gasteiger partial charge in [-0.2, -0.15) is 0 Å². The van der Waals surface area contributed by atoms with Crippen molar-refractivity contribution in [1.29, 1.82) is 0 Å². The van der Waals surface area contributed by atoms with Crippen LogP contribution in [0.1, 0.15) is 16.1 Å². The second-order valence-electron chi connectivity index (χ2n) is 5.20. The fraction of sp³-hybridized carbons (Fsp3) is 0.0588. The summed E-state index contributed by atoms with van der Waals surface area (Å²) in [5.41, 5.74) is 12.9. The van der Waals surface area contributed by atoms with Gasteiger partial charge in [-0.25, -0.2) is 9.37 Å². The molecule has 0 aliphatic heterocycles. The van der Waals surface area contributed by atoms with Crippen LogP contribution in [-0.2, 0) is 0 Å². The Labute approximate surface area is 131 Å². The van der Waals surface area contributed by atoms with Crippen LogP contribution < -0.4 is 11.5 Å². The first-order chi connectivity index (χ1) is 10.9. The molecular weight excluding hydrogens is 297 g/mol. The molecule has 1 heterocycles. The molecule has 116 valence electrons. The quantitative estimate of drug-likeness (QED) is 0.677. The molecule has 3 rings (SSSR count). The molecule has 1 amide bonds. The molecule has 6 heteroatoms. The summed E-state index contributed by atoms with van der Waals surface area (Å²) in [5, 5.41) is 10.1. The van der Waals surface area contributed by atoms with Gasteiger partial charge in [0.1, 0.15) is 11.6 Å². The molecule has 0 fully saturated rings. The number of carbonyl (C=O) groups excluding carboxylic acids is 1. The first-order valence-electron chi connectivity index (χ1n) is 6.88. The second kappa shape index (κ2) is 5.24. The fourth-order valence-corrected chi connectivity index (χ4v) is 2.65. The SMILES string of the molecule is Cc1c(O)cccc1-c1c(N)c(C(N)=O)nc2cccc(F)c12. The van der Waals surface area contributed by atoms with Crippen molar-refractivity contribution < 1.29 is 14.3 Å². The number of nitrogens with two attached hydrogens (primary N) is 2. The Hall–Kier alpha value is -3.15. The molecule has 23 heavy (non-hydrogen) atoms. The minimum atomic E-state index is -0.798. The number of pyridine rings is 1. The standard InChI is InChI=1S/C17H14FN3O2/c1-8-9(4-2-7-12(8)22)13-14-10(18)5-3-6-11(14)21-16(15(13)19)17(20)23/h2-7,22H,19H2,1H3,(H2,20,23). The third-order valence-electron chi connectivity index (χ3n) is 3.81.